The molecular weight excluding hydrogens is 376 g/mol. The number of pyridine rings is 1. The van der Waals surface area contributed by atoms with Crippen LogP contribution >= 0.6 is 11.6 Å². The van der Waals surface area contributed by atoms with Gasteiger partial charge in [0.05, 0.1) is 14.2 Å². The van der Waals surface area contributed by atoms with Crippen LogP contribution in [0.15, 0.2) is 66.1 Å². The van der Waals surface area contributed by atoms with Crippen molar-refractivity contribution in [2.45, 2.75) is 18.9 Å². The minimum Gasteiger partial charge on any atom is -0.493 e. The molecule has 1 heterocycles. The second-order valence-corrected chi connectivity index (χ2v) is 6.72. The van der Waals surface area contributed by atoms with E-state index in [9.17, 15) is 4.91 Å². The Morgan fingerprint density at radius 1 is 0.964 bits per heavy atom. The fourth-order valence-electron chi connectivity index (χ4n) is 3.28. The van der Waals surface area contributed by atoms with E-state index in [4.69, 9.17) is 21.1 Å². The van der Waals surface area contributed by atoms with Crippen molar-refractivity contribution in [3.05, 3.63) is 93.1 Å². The summed E-state index contributed by atoms with van der Waals surface area (Å²) in [6.45, 7) is 0. The van der Waals surface area contributed by atoms with Crippen molar-refractivity contribution in [3.8, 4) is 11.5 Å². The third kappa shape index (κ3) is 4.31. The molecule has 0 aliphatic carbocycles. The summed E-state index contributed by atoms with van der Waals surface area (Å²) in [5.41, 5.74) is 3.62. The molecule has 5 nitrogen and oxygen atoms in total. The van der Waals surface area contributed by atoms with Gasteiger partial charge in [0, 0.05) is 23.0 Å². The van der Waals surface area contributed by atoms with Crippen molar-refractivity contribution in [3.63, 3.8) is 0 Å². The molecule has 0 spiro atoms. The molecule has 6 heteroatoms. The van der Waals surface area contributed by atoms with Gasteiger partial charge in [-0.2, -0.15) is 0 Å². The zero-order valence-electron chi connectivity index (χ0n) is 15.8. The predicted molar refractivity (Wildman–Crippen MR) is 110 cm³/mol. The molecule has 1 unspecified atom stereocenters. The van der Waals surface area contributed by atoms with E-state index >= 15 is 0 Å². The highest BCUT2D eigenvalue weighted by Crippen LogP contribution is 2.39. The second kappa shape index (κ2) is 9.33. The van der Waals surface area contributed by atoms with E-state index < -0.39 is 6.04 Å². The zero-order chi connectivity index (χ0) is 19.9. The summed E-state index contributed by atoms with van der Waals surface area (Å²) in [5, 5.41) is 4.10. The van der Waals surface area contributed by atoms with E-state index in [1.165, 1.54) is 0 Å². The number of halogens is 1. The molecule has 0 aliphatic rings. The number of methoxy groups -OCH3 is 2. The molecule has 3 aromatic rings. The highest BCUT2D eigenvalue weighted by molar-refractivity contribution is 6.30. The lowest BCUT2D eigenvalue weighted by molar-refractivity contribution is 0.351. The third-order valence-electron chi connectivity index (χ3n) is 4.68. The predicted octanol–water partition coefficient (Wildman–Crippen LogP) is 5.39. The van der Waals surface area contributed by atoms with Crippen LogP contribution in [0.25, 0.3) is 0 Å². The number of hydrogen-bond acceptors (Lipinski definition) is 5. The van der Waals surface area contributed by atoms with Crippen molar-refractivity contribution >= 4 is 11.6 Å². The number of benzene rings is 2. The second-order valence-electron chi connectivity index (χ2n) is 6.28. The molecule has 0 aliphatic heterocycles. The molecule has 0 amide bonds. The van der Waals surface area contributed by atoms with Crippen LogP contribution in [0.4, 0.5) is 0 Å². The Kier molecular flexibility index (Phi) is 6.61. The van der Waals surface area contributed by atoms with E-state index in [0.29, 0.717) is 22.9 Å². The molecule has 3 rings (SSSR count). The smallest absolute Gasteiger partial charge is 0.164 e. The molecule has 2 aromatic carbocycles. The standard InChI is InChI=1S/C22H21ClN2O3/c1-27-20-10-9-18(21(25-26)16-11-13-24-14-12-16)19(22(20)28-2)8-5-15-3-6-17(23)7-4-15/h3-4,6-7,9-14,21H,5,8H2,1-2H3. The Morgan fingerprint density at radius 3 is 2.29 bits per heavy atom. The summed E-state index contributed by atoms with van der Waals surface area (Å²) < 4.78 is 11.1. The van der Waals surface area contributed by atoms with Gasteiger partial charge < -0.3 is 9.47 Å². The number of rotatable bonds is 8. The molecule has 0 saturated heterocycles. The largest absolute Gasteiger partial charge is 0.493 e. The van der Waals surface area contributed by atoms with Gasteiger partial charge in [0.25, 0.3) is 0 Å². The highest BCUT2D eigenvalue weighted by atomic mass is 35.5. The Morgan fingerprint density at radius 2 is 1.68 bits per heavy atom. The normalized spacial score (nSPS) is 11.7. The lowest BCUT2D eigenvalue weighted by atomic mass is 9.91. The van der Waals surface area contributed by atoms with Crippen LogP contribution in [0.5, 0.6) is 11.5 Å². The van der Waals surface area contributed by atoms with Crippen molar-refractivity contribution in [2.24, 2.45) is 5.18 Å². The van der Waals surface area contributed by atoms with Crippen LogP contribution in [0.2, 0.25) is 5.02 Å². The minimum atomic E-state index is -0.650. The Bertz CT molecular complexity index is 931. The number of aromatic nitrogens is 1. The summed E-state index contributed by atoms with van der Waals surface area (Å²) in [6, 6.07) is 14.4. The summed E-state index contributed by atoms with van der Waals surface area (Å²) in [4.78, 5) is 15.8. The van der Waals surface area contributed by atoms with Gasteiger partial charge in [0.15, 0.2) is 11.5 Å². The van der Waals surface area contributed by atoms with Gasteiger partial charge >= 0.3 is 0 Å². The number of aryl methyl sites for hydroxylation is 1. The lowest BCUT2D eigenvalue weighted by Gasteiger charge is -2.20. The van der Waals surface area contributed by atoms with Gasteiger partial charge in [-0.1, -0.05) is 35.0 Å². The first-order chi connectivity index (χ1) is 13.7. The fourth-order valence-corrected chi connectivity index (χ4v) is 3.41. The van der Waals surface area contributed by atoms with E-state index in [2.05, 4.69) is 10.2 Å². The van der Waals surface area contributed by atoms with Gasteiger partial charge in [-0.05, 0) is 59.9 Å². The van der Waals surface area contributed by atoms with Crippen LogP contribution in [-0.4, -0.2) is 19.2 Å². The van der Waals surface area contributed by atoms with Gasteiger partial charge in [0.2, 0.25) is 0 Å². The molecular formula is C22H21ClN2O3. The molecule has 1 aromatic heterocycles. The lowest BCUT2D eigenvalue weighted by Crippen LogP contribution is -2.07. The number of hydrogen-bond donors (Lipinski definition) is 0. The van der Waals surface area contributed by atoms with E-state index in [-0.39, 0.29) is 0 Å². The number of ether oxygens (including phenoxy) is 2. The van der Waals surface area contributed by atoms with Crippen LogP contribution in [0.1, 0.15) is 28.3 Å². The first kappa shape index (κ1) is 19.8. The van der Waals surface area contributed by atoms with Crippen LogP contribution in [-0.2, 0) is 12.8 Å². The molecule has 0 radical (unpaired) electrons. The van der Waals surface area contributed by atoms with Crippen molar-refractivity contribution < 1.29 is 9.47 Å². The zero-order valence-corrected chi connectivity index (χ0v) is 16.5. The van der Waals surface area contributed by atoms with Crippen LogP contribution in [0.3, 0.4) is 0 Å². The Balaban J connectivity index is 2.03. The van der Waals surface area contributed by atoms with Crippen molar-refractivity contribution in [2.75, 3.05) is 14.2 Å². The summed E-state index contributed by atoms with van der Waals surface area (Å²) in [7, 11) is 3.20. The van der Waals surface area contributed by atoms with E-state index in [1.54, 1.807) is 44.8 Å². The first-order valence-electron chi connectivity index (χ1n) is 8.88. The fraction of sp³-hybridized carbons (Fsp3) is 0.227. The van der Waals surface area contributed by atoms with Gasteiger partial charge in [0.1, 0.15) is 6.04 Å². The molecule has 1 atom stereocenters. The monoisotopic (exact) mass is 396 g/mol. The van der Waals surface area contributed by atoms with Gasteiger partial charge in [-0.3, -0.25) is 4.98 Å². The minimum absolute atomic E-state index is 0.622. The molecule has 0 N–H and O–H groups in total. The van der Waals surface area contributed by atoms with Crippen LogP contribution in [0, 0.1) is 4.91 Å². The van der Waals surface area contributed by atoms with E-state index in [0.717, 1.165) is 28.7 Å². The van der Waals surface area contributed by atoms with Gasteiger partial charge in [-0.15, -0.1) is 4.91 Å². The summed E-state index contributed by atoms with van der Waals surface area (Å²) >= 11 is 5.98. The van der Waals surface area contributed by atoms with Crippen LogP contribution < -0.4 is 9.47 Å². The molecule has 28 heavy (non-hydrogen) atoms. The van der Waals surface area contributed by atoms with Gasteiger partial charge in [-0.25, -0.2) is 0 Å². The quantitative estimate of drug-likeness (QED) is 0.479. The number of nitrogens with zero attached hydrogens (tertiary/aromatic N) is 2. The topological polar surface area (TPSA) is 60.8 Å². The third-order valence-corrected chi connectivity index (χ3v) is 4.94. The van der Waals surface area contributed by atoms with E-state index in [1.807, 2.05) is 30.3 Å². The SMILES string of the molecule is COc1ccc(C(N=O)c2ccncc2)c(CCc2ccc(Cl)cc2)c1OC. The highest BCUT2D eigenvalue weighted by Gasteiger charge is 2.23. The molecule has 0 bridgehead atoms. The summed E-state index contributed by atoms with van der Waals surface area (Å²) in [5.74, 6) is 1.24. The molecule has 0 fully saturated rings. The Hall–Kier alpha value is -2.92. The van der Waals surface area contributed by atoms with Crippen molar-refractivity contribution in [1.29, 1.82) is 0 Å². The maximum absolute atomic E-state index is 11.8. The molecule has 0 saturated carbocycles. The first-order valence-corrected chi connectivity index (χ1v) is 9.26. The molecule has 144 valence electrons. The maximum atomic E-state index is 11.8. The average molecular weight is 397 g/mol. The summed E-state index contributed by atoms with van der Waals surface area (Å²) in [6.07, 6.45) is 4.73. The average Bonchev–Trinajstić information content (AvgIpc) is 2.74. The maximum Gasteiger partial charge on any atom is 0.164 e. The Labute approximate surface area is 169 Å². The number of nitroso groups, excluding NO2 is 1. The van der Waals surface area contributed by atoms with Crippen molar-refractivity contribution in [1.82, 2.24) is 4.98 Å².